The van der Waals surface area contributed by atoms with E-state index in [-0.39, 0.29) is 6.10 Å². The number of fused-ring (bicyclic) bond motifs is 1. The van der Waals surface area contributed by atoms with E-state index in [1.54, 1.807) is 0 Å². The first-order chi connectivity index (χ1) is 10.8. The predicted octanol–water partition coefficient (Wildman–Crippen LogP) is 3.93. The second-order valence-corrected chi connectivity index (χ2v) is 7.00. The lowest BCUT2D eigenvalue weighted by molar-refractivity contribution is 0.0309. The van der Waals surface area contributed by atoms with Crippen LogP contribution in [0.2, 0.25) is 0 Å². The number of hydrogen-bond donors (Lipinski definition) is 1. The van der Waals surface area contributed by atoms with Crippen molar-refractivity contribution in [2.75, 3.05) is 13.1 Å². The summed E-state index contributed by atoms with van der Waals surface area (Å²) in [5, 5.41) is 13.2. The normalized spacial score (nSPS) is 27.5. The molecule has 1 N–H and O–H groups in total. The van der Waals surface area contributed by atoms with Crippen molar-refractivity contribution in [2.24, 2.45) is 0 Å². The van der Waals surface area contributed by atoms with Gasteiger partial charge in [0.15, 0.2) is 0 Å². The Morgan fingerprint density at radius 2 is 1.68 bits per heavy atom. The van der Waals surface area contributed by atoms with Gasteiger partial charge < -0.3 is 5.11 Å². The van der Waals surface area contributed by atoms with E-state index >= 15 is 0 Å². The molecule has 116 valence electrons. The maximum Gasteiger partial charge on any atom is 0.0736 e. The first-order valence-corrected chi connectivity index (χ1v) is 8.72. The monoisotopic (exact) mass is 295 g/mol. The van der Waals surface area contributed by atoms with Crippen LogP contribution in [0.5, 0.6) is 0 Å². The van der Waals surface area contributed by atoms with Crippen LogP contribution in [0.25, 0.3) is 10.8 Å². The van der Waals surface area contributed by atoms with Gasteiger partial charge in [0.1, 0.15) is 0 Å². The third kappa shape index (κ3) is 2.66. The van der Waals surface area contributed by atoms with Gasteiger partial charge in [0, 0.05) is 18.5 Å². The Kier molecular flexibility index (Phi) is 3.89. The molecule has 4 rings (SSSR count). The average molecular weight is 295 g/mol. The van der Waals surface area contributed by atoms with E-state index in [9.17, 15) is 5.11 Å². The second kappa shape index (κ2) is 6.02. The molecule has 0 amide bonds. The van der Waals surface area contributed by atoms with Gasteiger partial charge in [-0.25, -0.2) is 0 Å². The molecule has 1 saturated carbocycles. The summed E-state index contributed by atoms with van der Waals surface area (Å²) in [5.74, 6) is 0.294. The average Bonchev–Trinajstić information content (AvgIpc) is 3.09. The van der Waals surface area contributed by atoms with Gasteiger partial charge in [-0.1, -0.05) is 55.3 Å². The van der Waals surface area contributed by atoms with Gasteiger partial charge in [0.05, 0.1) is 6.10 Å². The number of aliphatic hydroxyl groups is 1. The first kappa shape index (κ1) is 14.2. The summed E-state index contributed by atoms with van der Waals surface area (Å²) in [6, 6.07) is 15.9. The molecule has 2 atom stereocenters. The Balaban J connectivity index is 1.52. The summed E-state index contributed by atoms with van der Waals surface area (Å²) in [4.78, 5) is 2.54. The Hall–Kier alpha value is -1.38. The number of nitrogens with zero attached hydrogens (tertiary/aromatic N) is 1. The van der Waals surface area contributed by atoms with E-state index < -0.39 is 0 Å². The van der Waals surface area contributed by atoms with Crippen molar-refractivity contribution < 1.29 is 5.11 Å². The fraction of sp³-hybridized carbons (Fsp3) is 0.500. The smallest absolute Gasteiger partial charge is 0.0736 e. The lowest BCUT2D eigenvalue weighted by Gasteiger charge is -2.39. The fourth-order valence-electron chi connectivity index (χ4n) is 4.38. The number of piperidine rings is 1. The zero-order chi connectivity index (χ0) is 14.9. The molecule has 1 saturated heterocycles. The Labute approximate surface area is 132 Å². The third-order valence-corrected chi connectivity index (χ3v) is 5.66. The van der Waals surface area contributed by atoms with Gasteiger partial charge in [-0.2, -0.15) is 0 Å². The molecule has 2 aliphatic rings. The van der Waals surface area contributed by atoms with Gasteiger partial charge in [0.2, 0.25) is 0 Å². The van der Waals surface area contributed by atoms with E-state index in [1.165, 1.54) is 42.0 Å². The molecular weight excluding hydrogens is 270 g/mol. The minimum Gasteiger partial charge on any atom is -0.391 e. The number of β-amino-alcohol motifs (C(OH)–C–C–N with tert-alkyl or cyclic N) is 1. The highest BCUT2D eigenvalue weighted by Crippen LogP contribution is 2.33. The molecule has 0 spiro atoms. The van der Waals surface area contributed by atoms with Crippen molar-refractivity contribution >= 4 is 10.8 Å². The van der Waals surface area contributed by atoms with Crippen LogP contribution in [0.15, 0.2) is 42.5 Å². The van der Waals surface area contributed by atoms with E-state index in [4.69, 9.17) is 0 Å². The van der Waals surface area contributed by atoms with Crippen molar-refractivity contribution in [3.05, 3.63) is 48.0 Å². The highest BCUT2D eigenvalue weighted by Gasteiger charge is 2.33. The lowest BCUT2D eigenvalue weighted by Crippen LogP contribution is -2.46. The van der Waals surface area contributed by atoms with Crippen molar-refractivity contribution in [3.8, 4) is 0 Å². The molecule has 0 aromatic heterocycles. The molecule has 0 radical (unpaired) electrons. The number of hydrogen-bond acceptors (Lipinski definition) is 2. The highest BCUT2D eigenvalue weighted by molar-refractivity contribution is 5.83. The summed E-state index contributed by atoms with van der Waals surface area (Å²) >= 11 is 0. The SMILES string of the molecule is O[C@@H]1CN(C2CCCC2)CC[C@H]1c1ccc2ccccc2c1. The standard InChI is InChI=1S/C20H25NO/c22-20-14-21(18-7-3-4-8-18)12-11-19(20)17-10-9-15-5-1-2-6-16(15)13-17/h1-2,5-6,9-10,13,18-20,22H,3-4,7-8,11-12,14H2/t19-,20+/m0/s1. The molecular formula is C20H25NO. The van der Waals surface area contributed by atoms with E-state index in [1.807, 2.05) is 0 Å². The molecule has 2 heteroatoms. The minimum atomic E-state index is -0.226. The maximum absolute atomic E-state index is 10.7. The number of likely N-dealkylation sites (tertiary alicyclic amines) is 1. The van der Waals surface area contributed by atoms with Crippen LogP contribution in [-0.2, 0) is 0 Å². The van der Waals surface area contributed by atoms with Crippen LogP contribution in [0.3, 0.4) is 0 Å². The molecule has 0 bridgehead atoms. The zero-order valence-corrected chi connectivity index (χ0v) is 13.1. The van der Waals surface area contributed by atoms with Crippen LogP contribution in [0, 0.1) is 0 Å². The molecule has 1 aliphatic heterocycles. The Morgan fingerprint density at radius 3 is 2.45 bits per heavy atom. The predicted molar refractivity (Wildman–Crippen MR) is 91.1 cm³/mol. The van der Waals surface area contributed by atoms with Crippen molar-refractivity contribution in [1.82, 2.24) is 4.90 Å². The highest BCUT2D eigenvalue weighted by atomic mass is 16.3. The fourth-order valence-corrected chi connectivity index (χ4v) is 4.38. The van der Waals surface area contributed by atoms with E-state index in [0.29, 0.717) is 5.92 Å². The third-order valence-electron chi connectivity index (χ3n) is 5.66. The summed E-state index contributed by atoms with van der Waals surface area (Å²) in [5.41, 5.74) is 1.30. The van der Waals surface area contributed by atoms with Gasteiger partial charge in [-0.15, -0.1) is 0 Å². The quantitative estimate of drug-likeness (QED) is 0.907. The van der Waals surface area contributed by atoms with Gasteiger partial charge in [0.25, 0.3) is 0 Å². The van der Waals surface area contributed by atoms with Crippen molar-refractivity contribution in [1.29, 1.82) is 0 Å². The van der Waals surface area contributed by atoms with Gasteiger partial charge >= 0.3 is 0 Å². The molecule has 0 unspecified atom stereocenters. The summed E-state index contributed by atoms with van der Waals surface area (Å²) in [6.45, 7) is 1.99. The molecule has 22 heavy (non-hydrogen) atoms. The molecule has 1 heterocycles. The topological polar surface area (TPSA) is 23.5 Å². The number of benzene rings is 2. The summed E-state index contributed by atoms with van der Waals surface area (Å²) in [6.07, 6.45) is 6.24. The second-order valence-electron chi connectivity index (χ2n) is 7.00. The molecule has 2 aromatic carbocycles. The van der Waals surface area contributed by atoms with Crippen LogP contribution < -0.4 is 0 Å². The maximum atomic E-state index is 10.7. The Morgan fingerprint density at radius 1 is 0.909 bits per heavy atom. The number of aliphatic hydroxyl groups excluding tert-OH is 1. The van der Waals surface area contributed by atoms with Crippen LogP contribution >= 0.6 is 0 Å². The van der Waals surface area contributed by atoms with Crippen molar-refractivity contribution in [2.45, 2.75) is 50.2 Å². The summed E-state index contributed by atoms with van der Waals surface area (Å²) < 4.78 is 0. The van der Waals surface area contributed by atoms with Crippen LogP contribution in [0.4, 0.5) is 0 Å². The largest absolute Gasteiger partial charge is 0.391 e. The van der Waals surface area contributed by atoms with Crippen molar-refractivity contribution in [3.63, 3.8) is 0 Å². The molecule has 2 fully saturated rings. The van der Waals surface area contributed by atoms with Gasteiger partial charge in [-0.3, -0.25) is 4.90 Å². The first-order valence-electron chi connectivity index (χ1n) is 8.72. The zero-order valence-electron chi connectivity index (χ0n) is 13.1. The van der Waals surface area contributed by atoms with Crippen LogP contribution in [0.1, 0.15) is 43.6 Å². The molecule has 2 nitrogen and oxygen atoms in total. The van der Waals surface area contributed by atoms with E-state index in [0.717, 1.165) is 25.6 Å². The lowest BCUT2D eigenvalue weighted by atomic mass is 9.85. The van der Waals surface area contributed by atoms with E-state index in [2.05, 4.69) is 47.4 Å². The van der Waals surface area contributed by atoms with Gasteiger partial charge in [-0.05, 0) is 42.1 Å². The molecule has 2 aromatic rings. The molecule has 1 aliphatic carbocycles. The summed E-state index contributed by atoms with van der Waals surface area (Å²) in [7, 11) is 0. The minimum absolute atomic E-state index is 0.226. The Bertz CT molecular complexity index is 647. The van der Waals surface area contributed by atoms with Crippen LogP contribution in [-0.4, -0.2) is 35.2 Å². The number of rotatable bonds is 2.